The molecule has 4 aromatic carbocycles. The van der Waals surface area contributed by atoms with Crippen molar-refractivity contribution >= 4 is 23.7 Å². The summed E-state index contributed by atoms with van der Waals surface area (Å²) in [6.07, 6.45) is 8.54. The number of aliphatic hydroxyl groups is 1. The predicted octanol–water partition coefficient (Wildman–Crippen LogP) is 8.73. The van der Waals surface area contributed by atoms with Crippen LogP contribution in [0.15, 0.2) is 115 Å². The van der Waals surface area contributed by atoms with Gasteiger partial charge in [-0.1, -0.05) is 141 Å². The Kier molecular flexibility index (Phi) is 15.6. The molecule has 0 spiro atoms. The summed E-state index contributed by atoms with van der Waals surface area (Å²) in [6, 6.07) is 37.0. The van der Waals surface area contributed by atoms with Gasteiger partial charge in [-0.05, 0) is 74.5 Å². The van der Waals surface area contributed by atoms with Crippen molar-refractivity contribution < 1.29 is 24.5 Å². The number of aliphatic carboxylic acids is 1. The Hall–Kier alpha value is -3.91. The number of aryl methyl sites for hydroxylation is 2. The number of ether oxygens (including phenoxy) is 1. The zero-order valence-corrected chi connectivity index (χ0v) is 30.6. The molecule has 7 heteroatoms. The van der Waals surface area contributed by atoms with Crippen molar-refractivity contribution in [1.29, 1.82) is 0 Å². The monoisotopic (exact) mass is 695 g/mol. The smallest absolute Gasteiger partial charge is 0.338 e. The third kappa shape index (κ3) is 11.0. The molecule has 2 N–H and O–H groups in total. The number of likely N-dealkylation sites (N-methyl/N-ethyl adjacent to an activating group) is 1. The van der Waals surface area contributed by atoms with Crippen molar-refractivity contribution in [2.24, 2.45) is 0 Å². The van der Waals surface area contributed by atoms with Crippen molar-refractivity contribution in [3.05, 3.63) is 143 Å². The van der Waals surface area contributed by atoms with Gasteiger partial charge in [0.1, 0.15) is 11.9 Å². The zero-order chi connectivity index (χ0) is 35.8. The molecule has 266 valence electrons. The molecule has 0 amide bonds. The molecule has 0 saturated heterocycles. The van der Waals surface area contributed by atoms with Crippen LogP contribution < -0.4 is 0 Å². The van der Waals surface area contributed by atoms with Gasteiger partial charge in [-0.3, -0.25) is 4.79 Å². The van der Waals surface area contributed by atoms with Crippen LogP contribution in [0.1, 0.15) is 84.4 Å². The lowest BCUT2D eigenvalue weighted by molar-refractivity contribution is -0.160. The molecule has 0 saturated carbocycles. The second-order valence-corrected chi connectivity index (χ2v) is 14.8. The van der Waals surface area contributed by atoms with E-state index < -0.39 is 34.0 Å². The van der Waals surface area contributed by atoms with Crippen LogP contribution in [0.4, 0.5) is 0 Å². The van der Waals surface area contributed by atoms with E-state index in [1.54, 1.807) is 6.92 Å². The van der Waals surface area contributed by atoms with Crippen LogP contribution in [0.25, 0.3) is 0 Å². The first kappa shape index (κ1) is 38.9. The van der Waals surface area contributed by atoms with E-state index >= 15 is 0 Å². The molecule has 0 heterocycles. The lowest BCUT2D eigenvalue weighted by Gasteiger charge is -2.40. The molecule has 0 aromatic heterocycles. The van der Waals surface area contributed by atoms with E-state index in [0.29, 0.717) is 17.7 Å². The summed E-state index contributed by atoms with van der Waals surface area (Å²) in [6.45, 7) is 2.54. The lowest BCUT2D eigenvalue weighted by Crippen LogP contribution is -2.50. The number of esters is 1. The minimum atomic E-state index is -2.32. The number of carboxylic acid groups (broad SMARTS) is 1. The number of carboxylic acids is 1. The molecule has 3 unspecified atom stereocenters. The number of carbonyl (C=O) groups excluding carboxylic acids is 1. The van der Waals surface area contributed by atoms with E-state index in [1.807, 2.05) is 104 Å². The molecule has 6 nitrogen and oxygen atoms in total. The number of unbranched alkanes of at least 4 members (excludes halogenated alkanes) is 5. The van der Waals surface area contributed by atoms with Gasteiger partial charge in [-0.2, -0.15) is 0 Å². The first-order valence-electron chi connectivity index (χ1n) is 17.9. The van der Waals surface area contributed by atoms with Gasteiger partial charge >= 0.3 is 11.9 Å². The first-order chi connectivity index (χ1) is 24.2. The summed E-state index contributed by atoms with van der Waals surface area (Å²) in [5.41, 5.74) is 2.15. The number of hydrogen-bond acceptors (Lipinski definition) is 6. The third-order valence-corrected chi connectivity index (χ3v) is 10.7. The topological polar surface area (TPSA) is 87.1 Å². The maximum atomic E-state index is 13.6. The standard InChI is InChI=1S/C43H53NO5S/c1-33(41(45)49-32-31-44(2)3)50-40(43(48,42(46)47)39(36-26-15-9-16-27-36)37-28-17-10-18-29-37)38-30-20-19-25-35(38)24-14-7-5-4-6-11-21-34-22-12-8-13-23-34/h8-10,12-13,15-20,22-23,25-30,33,39-40,48H,4-7,11,14,21,24,31-32H2,1-3H3,(H,46,47). The van der Waals surface area contributed by atoms with Crippen LogP contribution >= 0.6 is 11.8 Å². The molecule has 0 aliphatic rings. The van der Waals surface area contributed by atoms with Gasteiger partial charge in [-0.15, -0.1) is 11.8 Å². The summed E-state index contributed by atoms with van der Waals surface area (Å²) in [7, 11) is 3.82. The highest BCUT2D eigenvalue weighted by molar-refractivity contribution is 8.00. The first-order valence-corrected chi connectivity index (χ1v) is 18.8. The Morgan fingerprint density at radius 1 is 0.720 bits per heavy atom. The van der Waals surface area contributed by atoms with Crippen molar-refractivity contribution in [2.75, 3.05) is 27.2 Å². The second-order valence-electron chi connectivity index (χ2n) is 13.3. The highest BCUT2D eigenvalue weighted by Gasteiger charge is 2.54. The van der Waals surface area contributed by atoms with Gasteiger partial charge in [0.25, 0.3) is 0 Å². The van der Waals surface area contributed by atoms with Crippen LogP contribution in [-0.4, -0.2) is 65.1 Å². The van der Waals surface area contributed by atoms with Crippen LogP contribution in [0.5, 0.6) is 0 Å². The molecule has 0 aliphatic carbocycles. The Bertz CT molecular complexity index is 1540. The fraction of sp³-hybridized carbons (Fsp3) is 0.395. The molecule has 50 heavy (non-hydrogen) atoms. The third-order valence-electron chi connectivity index (χ3n) is 9.25. The van der Waals surface area contributed by atoms with Crippen LogP contribution in [0.3, 0.4) is 0 Å². The summed E-state index contributed by atoms with van der Waals surface area (Å²) in [4.78, 5) is 28.8. The minimum absolute atomic E-state index is 0.226. The minimum Gasteiger partial charge on any atom is -0.479 e. The van der Waals surface area contributed by atoms with Crippen LogP contribution in [0.2, 0.25) is 0 Å². The Balaban J connectivity index is 1.60. The maximum Gasteiger partial charge on any atom is 0.338 e. The van der Waals surface area contributed by atoms with E-state index in [2.05, 4.69) is 30.3 Å². The number of thioether (sulfide) groups is 1. The average molecular weight is 696 g/mol. The van der Waals surface area contributed by atoms with Crippen molar-refractivity contribution in [1.82, 2.24) is 4.90 Å². The van der Waals surface area contributed by atoms with Gasteiger partial charge in [-0.25, -0.2) is 4.79 Å². The number of rotatable bonds is 21. The number of nitrogens with zero attached hydrogens (tertiary/aromatic N) is 1. The van der Waals surface area contributed by atoms with Crippen LogP contribution in [0, 0.1) is 0 Å². The van der Waals surface area contributed by atoms with Crippen molar-refractivity contribution in [3.8, 4) is 0 Å². The fourth-order valence-electron chi connectivity index (χ4n) is 6.51. The van der Waals surface area contributed by atoms with Gasteiger partial charge in [0.2, 0.25) is 0 Å². The SMILES string of the molecule is CC(SC(c1ccccc1CCCCCCCCc1ccccc1)C(O)(C(=O)O)C(c1ccccc1)c1ccccc1)C(=O)OCCN(C)C. The molecule has 4 aromatic rings. The Morgan fingerprint density at radius 3 is 1.78 bits per heavy atom. The molecule has 0 radical (unpaired) electrons. The number of benzene rings is 4. The Labute approximate surface area is 302 Å². The maximum absolute atomic E-state index is 13.6. The number of carbonyl (C=O) groups is 2. The van der Waals surface area contributed by atoms with E-state index in [9.17, 15) is 19.8 Å². The summed E-state index contributed by atoms with van der Waals surface area (Å²) < 4.78 is 5.60. The number of hydrogen-bond donors (Lipinski definition) is 2. The normalized spacial score (nSPS) is 13.9. The average Bonchev–Trinajstić information content (AvgIpc) is 3.13. The second kappa shape index (κ2) is 20.1. The van der Waals surface area contributed by atoms with E-state index in [4.69, 9.17) is 4.74 Å². The van der Waals surface area contributed by atoms with Gasteiger partial charge < -0.3 is 19.8 Å². The molecule has 0 fully saturated rings. The molecule has 4 rings (SSSR count). The molecule has 0 bridgehead atoms. The fourth-order valence-corrected chi connectivity index (χ4v) is 7.92. The van der Waals surface area contributed by atoms with E-state index in [-0.39, 0.29) is 6.61 Å². The zero-order valence-electron chi connectivity index (χ0n) is 29.7. The highest BCUT2D eigenvalue weighted by Crippen LogP contribution is 2.51. The van der Waals surface area contributed by atoms with Gasteiger partial charge in [0, 0.05) is 6.54 Å². The van der Waals surface area contributed by atoms with Crippen LogP contribution in [-0.2, 0) is 27.2 Å². The van der Waals surface area contributed by atoms with Gasteiger partial charge in [0.15, 0.2) is 5.60 Å². The van der Waals surface area contributed by atoms with Gasteiger partial charge in [0.05, 0.1) is 11.2 Å². The van der Waals surface area contributed by atoms with E-state index in [1.165, 1.54) is 24.8 Å². The molecule has 0 aliphatic heterocycles. The van der Waals surface area contributed by atoms with E-state index in [0.717, 1.165) is 55.0 Å². The predicted molar refractivity (Wildman–Crippen MR) is 205 cm³/mol. The summed E-state index contributed by atoms with van der Waals surface area (Å²) >= 11 is 1.16. The van der Waals surface area contributed by atoms with Crippen molar-refractivity contribution in [3.63, 3.8) is 0 Å². The largest absolute Gasteiger partial charge is 0.479 e. The lowest BCUT2D eigenvalue weighted by atomic mass is 9.73. The Morgan fingerprint density at radius 2 is 1.22 bits per heavy atom. The quantitative estimate of drug-likeness (QED) is 0.0666. The van der Waals surface area contributed by atoms with Crippen molar-refractivity contribution in [2.45, 2.75) is 80.3 Å². The summed E-state index contributed by atoms with van der Waals surface area (Å²) in [5, 5.41) is 22.3. The highest BCUT2D eigenvalue weighted by atomic mass is 32.2. The molecule has 3 atom stereocenters. The molecular weight excluding hydrogens is 643 g/mol. The molecular formula is C43H53NO5S. The summed E-state index contributed by atoms with van der Waals surface area (Å²) in [5.74, 6) is -2.69.